The van der Waals surface area contributed by atoms with Crippen LogP contribution in [0.3, 0.4) is 0 Å². The number of fused-ring (bicyclic) bond motifs is 1. The molecule has 146 valence electrons. The van der Waals surface area contributed by atoms with Gasteiger partial charge in [-0.3, -0.25) is 10.0 Å². The third kappa shape index (κ3) is 3.97. The number of anilines is 1. The monoisotopic (exact) mass is 386 g/mol. The van der Waals surface area contributed by atoms with Gasteiger partial charge in [0, 0.05) is 41.9 Å². The van der Waals surface area contributed by atoms with Gasteiger partial charge in [0.25, 0.3) is 5.91 Å². The molecule has 2 heterocycles. The van der Waals surface area contributed by atoms with Crippen molar-refractivity contribution >= 4 is 17.2 Å². The number of aromatic nitrogens is 2. The SMILES string of the molecule is CCc1ccc(-c2cc(CNc3ccc(C(=O)NO)cc3)c3nccn3c2)cc1. The fourth-order valence-corrected chi connectivity index (χ4v) is 3.33. The Morgan fingerprint density at radius 2 is 1.83 bits per heavy atom. The summed E-state index contributed by atoms with van der Waals surface area (Å²) in [7, 11) is 0. The summed E-state index contributed by atoms with van der Waals surface area (Å²) in [6.45, 7) is 2.74. The second-order valence-electron chi connectivity index (χ2n) is 6.83. The number of hydroxylamine groups is 1. The van der Waals surface area contributed by atoms with Crippen molar-refractivity contribution < 1.29 is 10.0 Å². The van der Waals surface area contributed by atoms with Gasteiger partial charge in [-0.25, -0.2) is 10.5 Å². The Bertz CT molecular complexity index is 1130. The zero-order valence-corrected chi connectivity index (χ0v) is 16.1. The molecule has 0 fully saturated rings. The quantitative estimate of drug-likeness (QED) is 0.341. The van der Waals surface area contributed by atoms with E-state index in [1.54, 1.807) is 35.9 Å². The first kappa shape index (κ1) is 18.7. The van der Waals surface area contributed by atoms with Gasteiger partial charge < -0.3 is 9.72 Å². The third-order valence-electron chi connectivity index (χ3n) is 4.99. The number of amides is 1. The lowest BCUT2D eigenvalue weighted by Gasteiger charge is -2.11. The fraction of sp³-hybridized carbons (Fsp3) is 0.130. The van der Waals surface area contributed by atoms with E-state index in [4.69, 9.17) is 5.21 Å². The zero-order chi connectivity index (χ0) is 20.2. The van der Waals surface area contributed by atoms with Crippen LogP contribution in [-0.4, -0.2) is 20.5 Å². The lowest BCUT2D eigenvalue weighted by molar-refractivity contribution is 0.0706. The molecule has 4 rings (SSSR count). The maximum atomic E-state index is 11.4. The molecule has 0 unspecified atom stereocenters. The molecule has 3 N–H and O–H groups in total. The van der Waals surface area contributed by atoms with E-state index in [-0.39, 0.29) is 0 Å². The number of nitrogens with zero attached hydrogens (tertiary/aromatic N) is 2. The average molecular weight is 386 g/mol. The topological polar surface area (TPSA) is 78.7 Å². The van der Waals surface area contributed by atoms with Crippen LogP contribution >= 0.6 is 0 Å². The number of carbonyl (C=O) groups is 1. The normalized spacial score (nSPS) is 10.8. The Morgan fingerprint density at radius 3 is 2.52 bits per heavy atom. The Kier molecular flexibility index (Phi) is 5.27. The molecule has 6 heteroatoms. The summed E-state index contributed by atoms with van der Waals surface area (Å²) >= 11 is 0. The number of hydrogen-bond acceptors (Lipinski definition) is 4. The molecule has 0 radical (unpaired) electrons. The minimum atomic E-state index is -0.530. The van der Waals surface area contributed by atoms with E-state index >= 15 is 0 Å². The number of benzene rings is 2. The van der Waals surface area contributed by atoms with Gasteiger partial charge in [0.1, 0.15) is 5.65 Å². The lowest BCUT2D eigenvalue weighted by atomic mass is 10.0. The first-order chi connectivity index (χ1) is 14.2. The first-order valence-corrected chi connectivity index (χ1v) is 9.51. The van der Waals surface area contributed by atoms with Gasteiger partial charge in [0.2, 0.25) is 0 Å². The standard InChI is InChI=1S/C23H22N4O2/c1-2-16-3-5-17(6-4-16)20-13-19(22-24-11-12-27(22)15-20)14-25-21-9-7-18(8-10-21)23(28)26-29/h3-13,15,25,29H,2,14H2,1H3,(H,26,28). The molecule has 0 bridgehead atoms. The highest BCUT2D eigenvalue weighted by Gasteiger charge is 2.08. The summed E-state index contributed by atoms with van der Waals surface area (Å²) in [5, 5.41) is 12.1. The number of pyridine rings is 1. The summed E-state index contributed by atoms with van der Waals surface area (Å²) in [6, 6.07) is 17.7. The molecule has 0 spiro atoms. The van der Waals surface area contributed by atoms with Gasteiger partial charge >= 0.3 is 0 Å². The van der Waals surface area contributed by atoms with Gasteiger partial charge in [-0.1, -0.05) is 31.2 Å². The predicted molar refractivity (Wildman–Crippen MR) is 113 cm³/mol. The van der Waals surface area contributed by atoms with Crippen molar-refractivity contribution in [1.29, 1.82) is 0 Å². The zero-order valence-electron chi connectivity index (χ0n) is 16.1. The van der Waals surface area contributed by atoms with Crippen molar-refractivity contribution in [1.82, 2.24) is 14.9 Å². The summed E-state index contributed by atoms with van der Waals surface area (Å²) in [6.07, 6.45) is 6.86. The second-order valence-corrected chi connectivity index (χ2v) is 6.83. The molecule has 0 aliphatic carbocycles. The van der Waals surface area contributed by atoms with E-state index in [0.717, 1.165) is 28.9 Å². The average Bonchev–Trinajstić information content (AvgIpc) is 3.26. The van der Waals surface area contributed by atoms with Crippen LogP contribution in [0.25, 0.3) is 16.8 Å². The summed E-state index contributed by atoms with van der Waals surface area (Å²) in [5.74, 6) is -0.530. The van der Waals surface area contributed by atoms with Crippen LogP contribution in [0, 0.1) is 0 Å². The summed E-state index contributed by atoms with van der Waals surface area (Å²) in [4.78, 5) is 15.9. The summed E-state index contributed by atoms with van der Waals surface area (Å²) in [5.41, 5.74) is 8.50. The molecule has 0 aliphatic heterocycles. The van der Waals surface area contributed by atoms with E-state index in [1.165, 1.54) is 11.1 Å². The van der Waals surface area contributed by atoms with Crippen LogP contribution in [-0.2, 0) is 13.0 Å². The van der Waals surface area contributed by atoms with Crippen molar-refractivity contribution in [2.45, 2.75) is 19.9 Å². The Labute approximate surface area is 168 Å². The van der Waals surface area contributed by atoms with Crippen molar-refractivity contribution in [3.63, 3.8) is 0 Å². The molecule has 1 amide bonds. The molecule has 6 nitrogen and oxygen atoms in total. The third-order valence-corrected chi connectivity index (χ3v) is 4.99. The molecule has 29 heavy (non-hydrogen) atoms. The number of hydrogen-bond donors (Lipinski definition) is 3. The molecule has 0 saturated heterocycles. The van der Waals surface area contributed by atoms with Crippen molar-refractivity contribution in [3.05, 3.63) is 89.9 Å². The van der Waals surface area contributed by atoms with Crippen LogP contribution in [0.2, 0.25) is 0 Å². The second kappa shape index (κ2) is 8.16. The van der Waals surface area contributed by atoms with Crippen LogP contribution in [0.5, 0.6) is 0 Å². The highest BCUT2D eigenvalue weighted by Crippen LogP contribution is 2.24. The maximum Gasteiger partial charge on any atom is 0.274 e. The molecular formula is C23H22N4O2. The van der Waals surface area contributed by atoms with Gasteiger partial charge in [-0.05, 0) is 53.4 Å². The number of rotatable bonds is 6. The largest absolute Gasteiger partial charge is 0.381 e. The molecule has 0 saturated carbocycles. The molecule has 2 aromatic carbocycles. The van der Waals surface area contributed by atoms with E-state index < -0.39 is 5.91 Å². The Balaban J connectivity index is 1.59. The van der Waals surface area contributed by atoms with Crippen molar-refractivity contribution in [3.8, 4) is 11.1 Å². The summed E-state index contributed by atoms with van der Waals surface area (Å²) < 4.78 is 2.04. The van der Waals surface area contributed by atoms with Gasteiger partial charge in [0.15, 0.2) is 0 Å². The fourth-order valence-electron chi connectivity index (χ4n) is 3.33. The van der Waals surface area contributed by atoms with Crippen LogP contribution in [0.4, 0.5) is 5.69 Å². The number of nitrogens with one attached hydrogen (secondary N) is 2. The van der Waals surface area contributed by atoms with Gasteiger partial charge in [-0.2, -0.15) is 0 Å². The van der Waals surface area contributed by atoms with Gasteiger partial charge in [0.05, 0.1) is 0 Å². The maximum absolute atomic E-state index is 11.4. The highest BCUT2D eigenvalue weighted by atomic mass is 16.5. The Morgan fingerprint density at radius 1 is 1.07 bits per heavy atom. The van der Waals surface area contributed by atoms with Crippen molar-refractivity contribution in [2.24, 2.45) is 0 Å². The number of aryl methyl sites for hydroxylation is 1. The van der Waals surface area contributed by atoms with E-state index in [1.807, 2.05) is 10.6 Å². The molecule has 2 aromatic heterocycles. The number of imidazole rings is 1. The predicted octanol–water partition coefficient (Wildman–Crippen LogP) is 4.29. The number of carbonyl (C=O) groups excluding carboxylic acids is 1. The molecule has 0 atom stereocenters. The highest BCUT2D eigenvalue weighted by molar-refractivity contribution is 5.93. The first-order valence-electron chi connectivity index (χ1n) is 9.51. The minimum Gasteiger partial charge on any atom is -0.381 e. The van der Waals surface area contributed by atoms with Crippen molar-refractivity contribution in [2.75, 3.05) is 5.32 Å². The molecule has 4 aromatic rings. The van der Waals surface area contributed by atoms with E-state index in [0.29, 0.717) is 12.1 Å². The minimum absolute atomic E-state index is 0.395. The van der Waals surface area contributed by atoms with Crippen LogP contribution in [0.1, 0.15) is 28.4 Å². The van der Waals surface area contributed by atoms with E-state index in [9.17, 15) is 4.79 Å². The smallest absolute Gasteiger partial charge is 0.274 e. The van der Waals surface area contributed by atoms with Crippen LogP contribution < -0.4 is 10.8 Å². The molecule has 0 aliphatic rings. The van der Waals surface area contributed by atoms with E-state index in [2.05, 4.69) is 53.8 Å². The molecular weight excluding hydrogens is 364 g/mol. The Hall–Kier alpha value is -3.64. The van der Waals surface area contributed by atoms with Crippen LogP contribution in [0.15, 0.2) is 73.2 Å². The lowest BCUT2D eigenvalue weighted by Crippen LogP contribution is -2.18. The van der Waals surface area contributed by atoms with Gasteiger partial charge in [-0.15, -0.1) is 0 Å².